The monoisotopic (exact) mass is 256 g/mol. The van der Waals surface area contributed by atoms with Crippen LogP contribution in [0, 0.1) is 0 Å². The van der Waals surface area contributed by atoms with E-state index in [4.69, 9.17) is 22.4 Å². The summed E-state index contributed by atoms with van der Waals surface area (Å²) in [6, 6.07) is 4.78. The van der Waals surface area contributed by atoms with E-state index in [9.17, 15) is 4.79 Å². The van der Waals surface area contributed by atoms with Crippen molar-refractivity contribution in [3.8, 4) is 0 Å². The van der Waals surface area contributed by atoms with Gasteiger partial charge in [-0.2, -0.15) is 0 Å². The quantitative estimate of drug-likeness (QED) is 0.807. The average Bonchev–Trinajstić information content (AvgIpc) is 2.28. The molecule has 0 unspecified atom stereocenters. The molecule has 0 heterocycles. The molecule has 0 atom stereocenters. The second kappa shape index (κ2) is 5.89. The Kier molecular flexibility index (Phi) is 4.78. The fourth-order valence-corrected chi connectivity index (χ4v) is 1.74. The summed E-state index contributed by atoms with van der Waals surface area (Å²) >= 11 is 5.85. The molecule has 0 saturated carbocycles. The van der Waals surface area contributed by atoms with Crippen molar-refractivity contribution in [1.29, 1.82) is 0 Å². The predicted molar refractivity (Wildman–Crippen MR) is 69.1 cm³/mol. The van der Waals surface area contributed by atoms with Gasteiger partial charge in [0, 0.05) is 23.3 Å². The highest BCUT2D eigenvalue weighted by Gasteiger charge is 2.20. The third kappa shape index (κ3) is 3.35. The maximum Gasteiger partial charge on any atom is 0.256 e. The van der Waals surface area contributed by atoms with E-state index in [0.717, 1.165) is 0 Å². The molecule has 0 radical (unpaired) electrons. The van der Waals surface area contributed by atoms with Crippen LogP contribution in [0.5, 0.6) is 0 Å². The molecule has 3 N–H and O–H groups in total. The van der Waals surface area contributed by atoms with Crippen LogP contribution in [0.15, 0.2) is 18.2 Å². The first kappa shape index (κ1) is 13.8. The van der Waals surface area contributed by atoms with Crippen LogP contribution in [0.3, 0.4) is 0 Å². The number of amides is 1. The normalized spacial score (nSPS) is 10.6. The average molecular weight is 257 g/mol. The molecular formula is C12H17ClN2O2. The van der Waals surface area contributed by atoms with Gasteiger partial charge in [-0.25, -0.2) is 0 Å². The molecule has 0 saturated heterocycles. The molecule has 5 heteroatoms. The van der Waals surface area contributed by atoms with Crippen molar-refractivity contribution in [3.05, 3.63) is 28.8 Å². The molecule has 4 nitrogen and oxygen atoms in total. The summed E-state index contributed by atoms with van der Waals surface area (Å²) in [4.78, 5) is 13.8. The van der Waals surface area contributed by atoms with E-state index in [1.54, 1.807) is 23.1 Å². The van der Waals surface area contributed by atoms with Crippen molar-refractivity contribution < 1.29 is 9.90 Å². The topological polar surface area (TPSA) is 66.6 Å². The minimum absolute atomic E-state index is 0.00645. The maximum absolute atomic E-state index is 12.2. The minimum atomic E-state index is -0.214. The molecule has 0 spiro atoms. The summed E-state index contributed by atoms with van der Waals surface area (Å²) in [5.74, 6) is -0.214. The van der Waals surface area contributed by atoms with E-state index in [0.29, 0.717) is 16.3 Å². The highest BCUT2D eigenvalue weighted by molar-refractivity contribution is 6.31. The zero-order valence-electron chi connectivity index (χ0n) is 9.98. The van der Waals surface area contributed by atoms with Crippen LogP contribution in [0.2, 0.25) is 5.02 Å². The van der Waals surface area contributed by atoms with Gasteiger partial charge >= 0.3 is 0 Å². The summed E-state index contributed by atoms with van der Waals surface area (Å²) in [5.41, 5.74) is 6.52. The molecule has 0 aliphatic rings. The summed E-state index contributed by atoms with van der Waals surface area (Å²) in [5, 5.41) is 9.42. The summed E-state index contributed by atoms with van der Waals surface area (Å²) < 4.78 is 0. The third-order valence-corrected chi connectivity index (χ3v) is 2.71. The Hall–Kier alpha value is -1.26. The number of nitrogens with zero attached hydrogens (tertiary/aromatic N) is 1. The number of hydrogen-bond acceptors (Lipinski definition) is 3. The van der Waals surface area contributed by atoms with E-state index in [2.05, 4.69) is 0 Å². The number of aliphatic hydroxyl groups excluding tert-OH is 1. The van der Waals surface area contributed by atoms with Crippen LogP contribution in [0.25, 0.3) is 0 Å². The van der Waals surface area contributed by atoms with E-state index >= 15 is 0 Å². The highest BCUT2D eigenvalue weighted by Crippen LogP contribution is 2.20. The van der Waals surface area contributed by atoms with E-state index in [-0.39, 0.29) is 25.1 Å². The Balaban J connectivity index is 3.04. The first-order valence-electron chi connectivity index (χ1n) is 5.44. The SMILES string of the molecule is CC(C)N(CCO)C(=O)c1cc(Cl)ccc1N. The zero-order chi connectivity index (χ0) is 13.0. The van der Waals surface area contributed by atoms with Gasteiger partial charge in [0.1, 0.15) is 0 Å². The van der Waals surface area contributed by atoms with Crippen molar-refractivity contribution >= 4 is 23.2 Å². The lowest BCUT2D eigenvalue weighted by Gasteiger charge is -2.26. The minimum Gasteiger partial charge on any atom is -0.398 e. The van der Waals surface area contributed by atoms with Gasteiger partial charge in [-0.05, 0) is 32.0 Å². The van der Waals surface area contributed by atoms with Gasteiger partial charge in [0.05, 0.1) is 12.2 Å². The number of benzene rings is 1. The number of rotatable bonds is 4. The zero-order valence-corrected chi connectivity index (χ0v) is 10.7. The Morgan fingerprint density at radius 2 is 2.18 bits per heavy atom. The van der Waals surface area contributed by atoms with Crippen molar-refractivity contribution in [2.75, 3.05) is 18.9 Å². The molecule has 0 fully saturated rings. The first-order chi connectivity index (χ1) is 7.97. The van der Waals surface area contributed by atoms with Crippen LogP contribution in [0.1, 0.15) is 24.2 Å². The fourth-order valence-electron chi connectivity index (χ4n) is 1.57. The Bertz CT molecular complexity index is 407. The number of anilines is 1. The molecule has 94 valence electrons. The lowest BCUT2D eigenvalue weighted by Crippen LogP contribution is -2.39. The van der Waals surface area contributed by atoms with Crippen molar-refractivity contribution in [2.24, 2.45) is 0 Å². The molecule has 1 aromatic carbocycles. The van der Waals surface area contributed by atoms with Crippen molar-refractivity contribution in [2.45, 2.75) is 19.9 Å². The summed E-state index contributed by atoms with van der Waals surface area (Å²) in [6.07, 6.45) is 0. The Morgan fingerprint density at radius 3 is 2.71 bits per heavy atom. The van der Waals surface area contributed by atoms with Crippen molar-refractivity contribution in [1.82, 2.24) is 4.90 Å². The third-order valence-electron chi connectivity index (χ3n) is 2.47. The maximum atomic E-state index is 12.2. The van der Waals surface area contributed by atoms with E-state index in [1.807, 2.05) is 13.8 Å². The van der Waals surface area contributed by atoms with Gasteiger partial charge in [0.2, 0.25) is 0 Å². The van der Waals surface area contributed by atoms with Crippen molar-refractivity contribution in [3.63, 3.8) is 0 Å². The van der Waals surface area contributed by atoms with Crippen LogP contribution in [-0.4, -0.2) is 35.1 Å². The van der Waals surface area contributed by atoms with Gasteiger partial charge in [0.15, 0.2) is 0 Å². The van der Waals surface area contributed by atoms with Gasteiger partial charge in [-0.1, -0.05) is 11.6 Å². The molecule has 1 amide bonds. The molecule has 0 bridgehead atoms. The van der Waals surface area contributed by atoms with Crippen LogP contribution >= 0.6 is 11.6 Å². The van der Waals surface area contributed by atoms with Gasteiger partial charge in [0.25, 0.3) is 5.91 Å². The number of halogens is 1. The fraction of sp³-hybridized carbons (Fsp3) is 0.417. The van der Waals surface area contributed by atoms with Gasteiger partial charge in [-0.15, -0.1) is 0 Å². The second-order valence-electron chi connectivity index (χ2n) is 4.05. The molecule has 0 aliphatic carbocycles. The van der Waals surface area contributed by atoms with E-state index < -0.39 is 0 Å². The van der Waals surface area contributed by atoms with Gasteiger partial charge < -0.3 is 15.7 Å². The number of hydrogen-bond donors (Lipinski definition) is 2. The molecule has 0 aromatic heterocycles. The molecule has 1 aromatic rings. The van der Waals surface area contributed by atoms with Crippen LogP contribution < -0.4 is 5.73 Å². The van der Waals surface area contributed by atoms with E-state index in [1.165, 1.54) is 0 Å². The predicted octanol–water partition coefficient (Wildman–Crippen LogP) is 1.77. The molecule has 17 heavy (non-hydrogen) atoms. The lowest BCUT2D eigenvalue weighted by atomic mass is 10.1. The highest BCUT2D eigenvalue weighted by atomic mass is 35.5. The standard InChI is InChI=1S/C12H17ClN2O2/c1-8(2)15(5-6-16)12(17)10-7-9(13)3-4-11(10)14/h3-4,7-8,16H,5-6,14H2,1-2H3. The largest absolute Gasteiger partial charge is 0.398 e. The summed E-state index contributed by atoms with van der Waals surface area (Å²) in [6.45, 7) is 3.97. The smallest absolute Gasteiger partial charge is 0.256 e. The lowest BCUT2D eigenvalue weighted by molar-refractivity contribution is 0.0666. The first-order valence-corrected chi connectivity index (χ1v) is 5.82. The second-order valence-corrected chi connectivity index (χ2v) is 4.48. The Labute approximate surface area is 106 Å². The molecule has 1 rings (SSSR count). The molecular weight excluding hydrogens is 240 g/mol. The number of nitrogen functional groups attached to an aromatic ring is 1. The number of carbonyl (C=O) groups excluding carboxylic acids is 1. The van der Waals surface area contributed by atoms with Crippen LogP contribution in [-0.2, 0) is 0 Å². The molecule has 0 aliphatic heterocycles. The number of aliphatic hydroxyl groups is 1. The van der Waals surface area contributed by atoms with Crippen LogP contribution in [0.4, 0.5) is 5.69 Å². The van der Waals surface area contributed by atoms with Gasteiger partial charge in [-0.3, -0.25) is 4.79 Å². The Morgan fingerprint density at radius 1 is 1.53 bits per heavy atom. The number of nitrogens with two attached hydrogens (primary N) is 1. The summed E-state index contributed by atoms with van der Waals surface area (Å²) in [7, 11) is 0. The number of carbonyl (C=O) groups is 1.